The van der Waals surface area contributed by atoms with E-state index in [2.05, 4.69) is 24.8 Å². The fourth-order valence-corrected chi connectivity index (χ4v) is 3.42. The molecule has 2 N–H and O–H groups in total. The Morgan fingerprint density at radius 3 is 2.84 bits per heavy atom. The SMILES string of the molecule is Cc1ccc(N)c(CN=Cc2nc(OCCc3ccccn3)cc(N3CCOCC3)n2)c1. The fraction of sp³-hybridized carbons (Fsp3) is 0.333. The lowest BCUT2D eigenvalue weighted by Crippen LogP contribution is -2.37. The van der Waals surface area contributed by atoms with Crippen LogP contribution in [0.25, 0.3) is 0 Å². The van der Waals surface area contributed by atoms with Gasteiger partial charge in [0.2, 0.25) is 5.88 Å². The lowest BCUT2D eigenvalue weighted by atomic mass is 10.1. The average Bonchev–Trinajstić information content (AvgIpc) is 2.82. The van der Waals surface area contributed by atoms with E-state index in [-0.39, 0.29) is 0 Å². The summed E-state index contributed by atoms with van der Waals surface area (Å²) in [6.07, 6.45) is 4.16. The summed E-state index contributed by atoms with van der Waals surface area (Å²) in [6.45, 7) is 5.89. The summed E-state index contributed by atoms with van der Waals surface area (Å²) in [7, 11) is 0. The van der Waals surface area contributed by atoms with Crippen LogP contribution in [0.15, 0.2) is 53.7 Å². The van der Waals surface area contributed by atoms with Crippen molar-refractivity contribution in [2.45, 2.75) is 19.9 Å². The smallest absolute Gasteiger partial charge is 0.219 e. The van der Waals surface area contributed by atoms with Crippen LogP contribution in [-0.4, -0.2) is 54.1 Å². The van der Waals surface area contributed by atoms with Gasteiger partial charge in [0.25, 0.3) is 0 Å². The van der Waals surface area contributed by atoms with Crippen LogP contribution >= 0.6 is 0 Å². The molecule has 4 rings (SSSR count). The molecule has 0 amide bonds. The van der Waals surface area contributed by atoms with Crippen LogP contribution in [0.5, 0.6) is 5.88 Å². The Morgan fingerprint density at radius 1 is 1.16 bits per heavy atom. The number of anilines is 2. The Morgan fingerprint density at radius 2 is 2.03 bits per heavy atom. The maximum atomic E-state index is 6.07. The topological polar surface area (TPSA) is 98.8 Å². The number of hydrogen-bond donors (Lipinski definition) is 1. The highest BCUT2D eigenvalue weighted by Crippen LogP contribution is 2.19. The van der Waals surface area contributed by atoms with Crippen molar-refractivity contribution in [3.05, 3.63) is 71.3 Å². The van der Waals surface area contributed by atoms with Crippen molar-refractivity contribution in [2.75, 3.05) is 43.5 Å². The number of benzene rings is 1. The van der Waals surface area contributed by atoms with E-state index in [9.17, 15) is 0 Å². The highest BCUT2D eigenvalue weighted by molar-refractivity contribution is 5.75. The molecule has 0 spiro atoms. The van der Waals surface area contributed by atoms with Gasteiger partial charge in [-0.2, -0.15) is 4.98 Å². The third-order valence-electron chi connectivity index (χ3n) is 5.14. The van der Waals surface area contributed by atoms with Gasteiger partial charge in [-0.05, 0) is 30.7 Å². The summed E-state index contributed by atoms with van der Waals surface area (Å²) < 4.78 is 11.4. The first-order valence-corrected chi connectivity index (χ1v) is 10.8. The highest BCUT2D eigenvalue weighted by Gasteiger charge is 2.15. The molecular weight excluding hydrogens is 404 g/mol. The van der Waals surface area contributed by atoms with Gasteiger partial charge in [-0.1, -0.05) is 23.8 Å². The molecule has 1 fully saturated rings. The Balaban J connectivity index is 1.49. The first kappa shape index (κ1) is 21.7. The van der Waals surface area contributed by atoms with Gasteiger partial charge in [-0.25, -0.2) is 4.98 Å². The normalized spacial score (nSPS) is 14.1. The van der Waals surface area contributed by atoms with E-state index in [4.69, 9.17) is 15.2 Å². The summed E-state index contributed by atoms with van der Waals surface area (Å²) in [4.78, 5) is 20.3. The molecule has 2 aromatic heterocycles. The van der Waals surface area contributed by atoms with Crippen molar-refractivity contribution in [1.82, 2.24) is 15.0 Å². The van der Waals surface area contributed by atoms with Gasteiger partial charge in [0.15, 0.2) is 5.82 Å². The predicted molar refractivity (Wildman–Crippen MR) is 125 cm³/mol. The van der Waals surface area contributed by atoms with E-state index >= 15 is 0 Å². The number of nitrogens with two attached hydrogens (primary N) is 1. The van der Waals surface area contributed by atoms with Crippen molar-refractivity contribution < 1.29 is 9.47 Å². The van der Waals surface area contributed by atoms with Crippen molar-refractivity contribution in [1.29, 1.82) is 0 Å². The summed E-state index contributed by atoms with van der Waals surface area (Å²) in [5.41, 5.74) is 9.91. The van der Waals surface area contributed by atoms with Gasteiger partial charge < -0.3 is 20.1 Å². The monoisotopic (exact) mass is 432 g/mol. The Labute approximate surface area is 188 Å². The molecule has 3 heterocycles. The molecule has 166 valence electrons. The number of hydrogen-bond acceptors (Lipinski definition) is 8. The molecule has 0 radical (unpaired) electrons. The quantitative estimate of drug-likeness (QED) is 0.432. The minimum absolute atomic E-state index is 0.467. The number of ether oxygens (including phenoxy) is 2. The third-order valence-corrected chi connectivity index (χ3v) is 5.14. The van der Waals surface area contributed by atoms with Crippen LogP contribution in [0.2, 0.25) is 0 Å². The second kappa shape index (κ2) is 10.7. The van der Waals surface area contributed by atoms with Gasteiger partial charge in [0.05, 0.1) is 32.6 Å². The Hall–Kier alpha value is -3.52. The Kier molecular flexibility index (Phi) is 7.24. The van der Waals surface area contributed by atoms with Crippen LogP contribution in [0.3, 0.4) is 0 Å². The van der Waals surface area contributed by atoms with Crippen LogP contribution in [-0.2, 0) is 17.7 Å². The largest absolute Gasteiger partial charge is 0.477 e. The molecular formula is C24H28N6O2. The summed E-state index contributed by atoms with van der Waals surface area (Å²) >= 11 is 0. The molecule has 0 atom stereocenters. The van der Waals surface area contributed by atoms with Gasteiger partial charge >= 0.3 is 0 Å². The molecule has 1 aromatic carbocycles. The molecule has 0 unspecified atom stereocenters. The molecule has 1 aliphatic rings. The van der Waals surface area contributed by atoms with E-state index in [0.717, 1.165) is 41.4 Å². The van der Waals surface area contributed by atoms with E-state index in [1.807, 2.05) is 49.4 Å². The van der Waals surface area contributed by atoms with Gasteiger partial charge in [-0.3, -0.25) is 9.98 Å². The third kappa shape index (κ3) is 6.01. The lowest BCUT2D eigenvalue weighted by Gasteiger charge is -2.28. The number of aromatic nitrogens is 3. The van der Waals surface area contributed by atoms with Crippen molar-refractivity contribution >= 4 is 17.7 Å². The summed E-state index contributed by atoms with van der Waals surface area (Å²) in [5, 5.41) is 0. The maximum Gasteiger partial charge on any atom is 0.219 e. The van der Waals surface area contributed by atoms with Crippen LogP contribution in [0.4, 0.5) is 11.5 Å². The van der Waals surface area contributed by atoms with Crippen molar-refractivity contribution in [3.8, 4) is 5.88 Å². The number of nitrogens with zero attached hydrogens (tertiary/aromatic N) is 5. The number of pyridine rings is 1. The number of morpholine rings is 1. The molecule has 1 saturated heterocycles. The zero-order valence-electron chi connectivity index (χ0n) is 18.3. The van der Waals surface area contributed by atoms with Crippen LogP contribution in [0.1, 0.15) is 22.6 Å². The highest BCUT2D eigenvalue weighted by atomic mass is 16.5. The second-order valence-corrected chi connectivity index (χ2v) is 7.61. The predicted octanol–water partition coefficient (Wildman–Crippen LogP) is 2.84. The zero-order valence-corrected chi connectivity index (χ0v) is 18.3. The number of nitrogen functional groups attached to an aromatic ring is 1. The number of aryl methyl sites for hydroxylation is 1. The molecule has 1 aliphatic heterocycles. The molecule has 0 saturated carbocycles. The second-order valence-electron chi connectivity index (χ2n) is 7.61. The minimum atomic E-state index is 0.467. The molecule has 8 nitrogen and oxygen atoms in total. The fourth-order valence-electron chi connectivity index (χ4n) is 3.42. The summed E-state index contributed by atoms with van der Waals surface area (Å²) in [5.74, 6) is 1.84. The van der Waals surface area contributed by atoms with E-state index in [1.54, 1.807) is 12.4 Å². The first-order chi connectivity index (χ1) is 15.7. The molecule has 0 bridgehead atoms. The van der Waals surface area contributed by atoms with E-state index in [0.29, 0.717) is 44.5 Å². The molecule has 32 heavy (non-hydrogen) atoms. The molecule has 8 heteroatoms. The lowest BCUT2D eigenvalue weighted by molar-refractivity contribution is 0.122. The molecule has 3 aromatic rings. The first-order valence-electron chi connectivity index (χ1n) is 10.8. The van der Waals surface area contributed by atoms with Crippen molar-refractivity contribution in [3.63, 3.8) is 0 Å². The average molecular weight is 433 g/mol. The molecule has 0 aliphatic carbocycles. The van der Waals surface area contributed by atoms with Crippen molar-refractivity contribution in [2.24, 2.45) is 4.99 Å². The summed E-state index contributed by atoms with van der Waals surface area (Å²) in [6, 6.07) is 13.7. The Bertz CT molecular complexity index is 1050. The standard InChI is InChI=1S/C24H28N6O2/c1-18-5-6-21(25)19(14-18)16-26-17-22-28-23(30-9-12-31-13-10-30)15-24(29-22)32-11-7-20-4-2-3-8-27-20/h2-6,8,14-15,17H,7,9-13,16,25H2,1H3. The van der Waals surface area contributed by atoms with Crippen LogP contribution < -0.4 is 15.4 Å². The van der Waals surface area contributed by atoms with Gasteiger partial charge in [0, 0.05) is 43.2 Å². The zero-order chi connectivity index (χ0) is 22.2. The number of aliphatic imine (C=N–C) groups is 1. The van der Waals surface area contributed by atoms with E-state index < -0.39 is 0 Å². The maximum absolute atomic E-state index is 6.07. The van der Waals surface area contributed by atoms with Gasteiger partial charge in [0.1, 0.15) is 5.82 Å². The van der Waals surface area contributed by atoms with Crippen LogP contribution in [0, 0.1) is 6.92 Å². The minimum Gasteiger partial charge on any atom is -0.477 e. The van der Waals surface area contributed by atoms with E-state index in [1.165, 1.54) is 0 Å². The number of rotatable bonds is 8. The van der Waals surface area contributed by atoms with Gasteiger partial charge in [-0.15, -0.1) is 0 Å².